The predicted molar refractivity (Wildman–Crippen MR) is 42.3 cm³/mol. The zero-order valence-corrected chi connectivity index (χ0v) is 6.52. The molecule has 0 aromatic rings. The van der Waals surface area contributed by atoms with Crippen LogP contribution in [0.2, 0.25) is 0 Å². The number of nitrogens with one attached hydrogen (secondary N) is 4. The van der Waals surface area contributed by atoms with Crippen molar-refractivity contribution in [2.24, 2.45) is 0 Å². The normalized spacial score (nSPS) is 7.82. The summed E-state index contributed by atoms with van der Waals surface area (Å²) in [5, 5.41) is 9.42. The molecule has 7 heteroatoms. The second-order valence-corrected chi connectivity index (χ2v) is 1.69. The minimum absolute atomic E-state index is 0.110. The fourth-order valence-corrected chi connectivity index (χ4v) is 0.382. The van der Waals surface area contributed by atoms with Gasteiger partial charge in [-0.05, 0) is 0 Å². The van der Waals surface area contributed by atoms with Crippen LogP contribution in [0.3, 0.4) is 0 Å². The summed E-state index contributed by atoms with van der Waals surface area (Å²) in [4.78, 5) is 21.0. The summed E-state index contributed by atoms with van der Waals surface area (Å²) < 4.78 is 0. The Kier molecular flexibility index (Phi) is 4.71. The van der Waals surface area contributed by atoms with Gasteiger partial charge in [0.25, 0.3) is 0 Å². The number of amides is 4. The first-order valence-electron chi connectivity index (χ1n) is 3.12. The lowest BCUT2D eigenvalue weighted by Gasteiger charge is -2.03. The molecule has 0 saturated carbocycles. The van der Waals surface area contributed by atoms with Gasteiger partial charge in [-0.1, -0.05) is 0 Å². The lowest BCUT2D eigenvalue weighted by molar-refractivity contribution is 0.246. The summed E-state index contributed by atoms with van der Waals surface area (Å²) in [5.41, 5.74) is 0. The average Bonchev–Trinajstić information content (AvgIpc) is 2.04. The Labute approximate surface area is 65.4 Å². The van der Waals surface area contributed by atoms with Gasteiger partial charge in [-0.2, -0.15) is 0 Å². The lowest BCUT2D eigenvalue weighted by atomic mass is 10.2. The molecule has 0 aliphatic carbocycles. The van der Waals surface area contributed by atoms with Crippen molar-refractivity contribution in [1.29, 1.82) is 0 Å². The van der Waals surface area contributed by atoms with Crippen LogP contribution in [0.25, 0.3) is 0 Å². The van der Waals surface area contributed by atoms with Gasteiger partial charge >= 0.3 is 19.6 Å². The van der Waals surface area contributed by atoms with Crippen LogP contribution in [0.1, 0.15) is 0 Å². The molecule has 0 unspecified atom stereocenters. The second-order valence-electron chi connectivity index (χ2n) is 1.69. The van der Waals surface area contributed by atoms with Crippen LogP contribution in [-0.4, -0.2) is 33.7 Å². The van der Waals surface area contributed by atoms with Gasteiger partial charge < -0.3 is 21.1 Å². The molecule has 0 rings (SSSR count). The first-order chi connectivity index (χ1) is 5.20. The average molecular weight is 158 g/mol. The number of carbonyl (C=O) groups is 2. The maximum Gasteiger partial charge on any atom is 0.358 e. The van der Waals surface area contributed by atoms with Gasteiger partial charge in [0, 0.05) is 14.1 Å². The number of hydrogen-bond acceptors (Lipinski definition) is 2. The van der Waals surface area contributed by atoms with Crippen molar-refractivity contribution in [2.45, 2.75) is 0 Å². The monoisotopic (exact) mass is 158 g/mol. The maximum atomic E-state index is 10.5. The van der Waals surface area contributed by atoms with Crippen molar-refractivity contribution in [3.63, 3.8) is 0 Å². The molecule has 0 aromatic heterocycles. The van der Waals surface area contributed by atoms with Crippen LogP contribution >= 0.6 is 0 Å². The molecule has 0 fully saturated rings. The smallest absolute Gasteiger partial charge is 0.358 e. The zero-order chi connectivity index (χ0) is 8.69. The molecule has 6 nitrogen and oxygen atoms in total. The molecule has 62 valence electrons. The van der Waals surface area contributed by atoms with Gasteiger partial charge in [0.15, 0.2) is 0 Å². The predicted octanol–water partition coefficient (Wildman–Crippen LogP) is -1.89. The third-order valence-corrected chi connectivity index (χ3v) is 0.952. The standard InChI is InChI=1S/C4H11BN4O2/c1-6-3(10)8-5-9-4(11)7-2/h5H,1-2H3,(H2,6,8,10)(H2,7,9,11). The van der Waals surface area contributed by atoms with E-state index >= 15 is 0 Å². The highest BCUT2D eigenvalue weighted by Crippen LogP contribution is 1.57. The summed E-state index contributed by atoms with van der Waals surface area (Å²) in [6.45, 7) is 0. The van der Waals surface area contributed by atoms with E-state index in [0.29, 0.717) is 0 Å². The molecule has 4 N–H and O–H groups in total. The van der Waals surface area contributed by atoms with E-state index in [-0.39, 0.29) is 19.6 Å². The van der Waals surface area contributed by atoms with Crippen molar-refractivity contribution in [2.75, 3.05) is 14.1 Å². The molecule has 0 radical (unpaired) electrons. The number of carbonyl (C=O) groups excluding carboxylic acids is 2. The lowest BCUT2D eigenvalue weighted by Crippen LogP contribution is -2.46. The van der Waals surface area contributed by atoms with E-state index in [4.69, 9.17) is 0 Å². The molecule has 0 aromatic carbocycles. The Hall–Kier alpha value is -1.40. The molecule has 4 amide bonds. The molecule has 0 saturated heterocycles. The number of urea groups is 2. The van der Waals surface area contributed by atoms with Gasteiger partial charge in [0.05, 0.1) is 0 Å². The summed E-state index contributed by atoms with van der Waals surface area (Å²) in [6, 6.07) is -0.664. The van der Waals surface area contributed by atoms with Crippen molar-refractivity contribution in [1.82, 2.24) is 21.1 Å². The third-order valence-electron chi connectivity index (χ3n) is 0.952. The van der Waals surface area contributed by atoms with Crippen molar-refractivity contribution in [3.8, 4) is 0 Å². The minimum Gasteiger partial charge on any atom is -0.364 e. The highest BCUT2D eigenvalue weighted by molar-refractivity contribution is 6.38. The zero-order valence-electron chi connectivity index (χ0n) is 6.52. The molecule has 0 bridgehead atoms. The van der Waals surface area contributed by atoms with E-state index in [0.717, 1.165) is 0 Å². The van der Waals surface area contributed by atoms with Gasteiger partial charge in [0.2, 0.25) is 0 Å². The van der Waals surface area contributed by atoms with Gasteiger partial charge in [0.1, 0.15) is 0 Å². The SMILES string of the molecule is CNC(=O)NBNC(=O)NC. The van der Waals surface area contributed by atoms with Crippen LogP contribution in [0, 0.1) is 0 Å². The first-order valence-corrected chi connectivity index (χ1v) is 3.12. The van der Waals surface area contributed by atoms with Gasteiger partial charge in [-0.15, -0.1) is 0 Å². The Morgan fingerprint density at radius 3 is 1.64 bits per heavy atom. The van der Waals surface area contributed by atoms with E-state index in [1.165, 1.54) is 14.1 Å². The highest BCUT2D eigenvalue weighted by atomic mass is 16.2. The minimum atomic E-state index is -0.332. The van der Waals surface area contributed by atoms with Gasteiger partial charge in [-0.25, -0.2) is 0 Å². The van der Waals surface area contributed by atoms with Gasteiger partial charge in [-0.3, -0.25) is 9.59 Å². The second kappa shape index (κ2) is 5.39. The van der Waals surface area contributed by atoms with Crippen LogP contribution in [0.4, 0.5) is 9.59 Å². The van der Waals surface area contributed by atoms with E-state index in [2.05, 4.69) is 21.1 Å². The van der Waals surface area contributed by atoms with E-state index in [1.54, 1.807) is 0 Å². The first kappa shape index (κ1) is 9.60. The molecule has 0 spiro atoms. The topological polar surface area (TPSA) is 82.3 Å². The largest absolute Gasteiger partial charge is 0.364 e. The number of rotatable bonds is 2. The molecule has 0 heterocycles. The van der Waals surface area contributed by atoms with E-state index in [1.807, 2.05) is 0 Å². The van der Waals surface area contributed by atoms with E-state index < -0.39 is 0 Å². The highest BCUT2D eigenvalue weighted by Gasteiger charge is 1.99. The summed E-state index contributed by atoms with van der Waals surface area (Å²) >= 11 is 0. The molecule has 0 aliphatic heterocycles. The van der Waals surface area contributed by atoms with Crippen molar-refractivity contribution < 1.29 is 9.59 Å². The summed E-state index contributed by atoms with van der Waals surface area (Å²) in [6.07, 6.45) is 0. The van der Waals surface area contributed by atoms with Crippen molar-refractivity contribution in [3.05, 3.63) is 0 Å². The molecule has 0 atom stereocenters. The quantitative estimate of drug-likeness (QED) is 0.354. The maximum absolute atomic E-state index is 10.5. The van der Waals surface area contributed by atoms with Crippen LogP contribution in [0.15, 0.2) is 0 Å². The van der Waals surface area contributed by atoms with Crippen LogP contribution < -0.4 is 21.1 Å². The molecular formula is C4H11BN4O2. The fraction of sp³-hybridized carbons (Fsp3) is 0.500. The number of hydrogen-bond donors (Lipinski definition) is 4. The Morgan fingerprint density at radius 1 is 1.00 bits per heavy atom. The molecule has 0 aliphatic rings. The van der Waals surface area contributed by atoms with Crippen molar-refractivity contribution >= 4 is 19.6 Å². The summed E-state index contributed by atoms with van der Waals surface area (Å²) in [7, 11) is 3.10. The molecular weight excluding hydrogens is 147 g/mol. The Balaban J connectivity index is 3.27. The van der Waals surface area contributed by atoms with Crippen LogP contribution in [0.5, 0.6) is 0 Å². The van der Waals surface area contributed by atoms with Crippen LogP contribution in [-0.2, 0) is 0 Å². The third kappa shape index (κ3) is 5.07. The Morgan fingerprint density at radius 2 is 1.36 bits per heavy atom. The Bertz CT molecular complexity index is 135. The summed E-state index contributed by atoms with van der Waals surface area (Å²) in [5.74, 6) is 0. The molecule has 11 heavy (non-hydrogen) atoms. The van der Waals surface area contributed by atoms with E-state index in [9.17, 15) is 9.59 Å². The fourth-order valence-electron chi connectivity index (χ4n) is 0.382.